The van der Waals surface area contributed by atoms with Crippen LogP contribution in [0.3, 0.4) is 0 Å². The van der Waals surface area contributed by atoms with Crippen LogP contribution in [-0.2, 0) is 14.4 Å². The molecule has 1 fully saturated rings. The van der Waals surface area contributed by atoms with Crippen LogP contribution < -0.4 is 5.32 Å². The van der Waals surface area contributed by atoms with Gasteiger partial charge in [0.25, 0.3) is 0 Å². The molecule has 1 saturated heterocycles. The van der Waals surface area contributed by atoms with Crippen molar-refractivity contribution in [1.82, 2.24) is 5.32 Å². The molecule has 0 aromatic heterocycles. The molecule has 0 saturated carbocycles. The summed E-state index contributed by atoms with van der Waals surface area (Å²) >= 11 is 0. The molecular weight excluding hydrogens is 158 g/mol. The highest BCUT2D eigenvalue weighted by atomic mass is 16.2. The first-order valence-electron chi connectivity index (χ1n) is 3.77. The highest BCUT2D eigenvalue weighted by Crippen LogP contribution is 2.30. The van der Waals surface area contributed by atoms with Crippen molar-refractivity contribution < 1.29 is 14.4 Å². The molecule has 0 aliphatic carbocycles. The third-order valence-corrected chi connectivity index (χ3v) is 2.17. The first-order valence-corrected chi connectivity index (χ1v) is 3.77. The van der Waals surface area contributed by atoms with Crippen LogP contribution in [0, 0.1) is 11.3 Å². The van der Waals surface area contributed by atoms with Crippen molar-refractivity contribution in [3.05, 3.63) is 0 Å². The molecule has 12 heavy (non-hydrogen) atoms. The molecule has 1 rings (SSSR count). The molecule has 2 amide bonds. The fourth-order valence-corrected chi connectivity index (χ4v) is 1.24. The van der Waals surface area contributed by atoms with E-state index in [1.165, 1.54) is 0 Å². The molecular formula is C8H11NO3. The maximum atomic E-state index is 11.1. The number of carbonyl (C=O) groups excluding carboxylic acids is 3. The van der Waals surface area contributed by atoms with Crippen molar-refractivity contribution >= 4 is 18.1 Å². The number of hydrogen-bond donors (Lipinski definition) is 1. The van der Waals surface area contributed by atoms with Crippen LogP contribution in [0.15, 0.2) is 0 Å². The van der Waals surface area contributed by atoms with Gasteiger partial charge >= 0.3 is 0 Å². The van der Waals surface area contributed by atoms with Crippen LogP contribution in [0.5, 0.6) is 0 Å². The number of aldehydes is 1. The molecule has 0 spiro atoms. The standard InChI is InChI=1S/C8H11NO3/c1-8(2,4-10)5-3-6(11)9-7(5)12/h4-5H,3H2,1-2H3,(H,9,11,12)/t5-/m1/s1. The molecule has 4 nitrogen and oxygen atoms in total. The van der Waals surface area contributed by atoms with Crippen molar-refractivity contribution in [2.24, 2.45) is 11.3 Å². The molecule has 1 heterocycles. The summed E-state index contributed by atoms with van der Waals surface area (Å²) in [6, 6.07) is 0. The van der Waals surface area contributed by atoms with E-state index in [4.69, 9.17) is 0 Å². The zero-order valence-electron chi connectivity index (χ0n) is 7.09. The summed E-state index contributed by atoms with van der Waals surface area (Å²) in [4.78, 5) is 32.5. The number of nitrogens with one attached hydrogen (secondary N) is 1. The summed E-state index contributed by atoms with van der Waals surface area (Å²) in [7, 11) is 0. The van der Waals surface area contributed by atoms with Crippen molar-refractivity contribution in [2.75, 3.05) is 0 Å². The zero-order chi connectivity index (χ0) is 9.35. The molecule has 0 unspecified atom stereocenters. The van der Waals surface area contributed by atoms with E-state index in [9.17, 15) is 14.4 Å². The molecule has 66 valence electrons. The number of hydrogen-bond acceptors (Lipinski definition) is 3. The third-order valence-electron chi connectivity index (χ3n) is 2.17. The molecule has 1 N–H and O–H groups in total. The van der Waals surface area contributed by atoms with Gasteiger partial charge in [-0.1, -0.05) is 13.8 Å². The maximum Gasteiger partial charge on any atom is 0.231 e. The lowest BCUT2D eigenvalue weighted by atomic mass is 9.79. The Labute approximate surface area is 70.3 Å². The Kier molecular flexibility index (Phi) is 2.00. The predicted molar refractivity (Wildman–Crippen MR) is 41.1 cm³/mol. The minimum Gasteiger partial charge on any atom is -0.303 e. The average Bonchev–Trinajstić information content (AvgIpc) is 2.31. The molecule has 0 radical (unpaired) electrons. The topological polar surface area (TPSA) is 63.2 Å². The number of imide groups is 1. The predicted octanol–water partition coefficient (Wildman–Crippen LogP) is -0.126. The van der Waals surface area contributed by atoms with Crippen LogP contribution in [0.1, 0.15) is 20.3 Å². The number of carbonyl (C=O) groups is 3. The molecule has 0 aromatic rings. The monoisotopic (exact) mass is 169 g/mol. The van der Waals surface area contributed by atoms with E-state index in [2.05, 4.69) is 5.32 Å². The van der Waals surface area contributed by atoms with E-state index >= 15 is 0 Å². The van der Waals surface area contributed by atoms with E-state index < -0.39 is 11.3 Å². The van der Waals surface area contributed by atoms with Gasteiger partial charge in [0.1, 0.15) is 6.29 Å². The van der Waals surface area contributed by atoms with Gasteiger partial charge in [-0.3, -0.25) is 14.9 Å². The lowest BCUT2D eigenvalue weighted by Crippen LogP contribution is -2.32. The second kappa shape index (κ2) is 2.69. The highest BCUT2D eigenvalue weighted by Gasteiger charge is 2.41. The number of amides is 2. The van der Waals surface area contributed by atoms with E-state index in [-0.39, 0.29) is 18.2 Å². The SMILES string of the molecule is CC(C)(C=O)[C@@H]1CC(=O)NC1=O. The molecule has 1 aliphatic rings. The second-order valence-electron chi connectivity index (χ2n) is 3.61. The Morgan fingerprint density at radius 3 is 2.42 bits per heavy atom. The van der Waals surface area contributed by atoms with Crippen molar-refractivity contribution in [1.29, 1.82) is 0 Å². The summed E-state index contributed by atoms with van der Waals surface area (Å²) in [5.74, 6) is -1.13. The van der Waals surface area contributed by atoms with Gasteiger partial charge in [0.15, 0.2) is 0 Å². The normalized spacial score (nSPS) is 24.0. The lowest BCUT2D eigenvalue weighted by molar-refractivity contribution is -0.130. The van der Waals surface area contributed by atoms with Crippen molar-refractivity contribution in [3.63, 3.8) is 0 Å². The quantitative estimate of drug-likeness (QED) is 0.462. The minimum atomic E-state index is -0.740. The molecule has 1 aliphatic heterocycles. The lowest BCUT2D eigenvalue weighted by Gasteiger charge is -2.21. The average molecular weight is 169 g/mol. The largest absolute Gasteiger partial charge is 0.303 e. The van der Waals surface area contributed by atoms with Crippen LogP contribution in [0.4, 0.5) is 0 Å². The van der Waals surface area contributed by atoms with E-state index in [1.807, 2.05) is 0 Å². The fraction of sp³-hybridized carbons (Fsp3) is 0.625. The molecule has 1 atom stereocenters. The third kappa shape index (κ3) is 1.37. The Bertz CT molecular complexity index is 245. The summed E-state index contributed by atoms with van der Waals surface area (Å²) < 4.78 is 0. The summed E-state index contributed by atoms with van der Waals surface area (Å²) in [5, 5.41) is 2.17. The van der Waals surface area contributed by atoms with Gasteiger partial charge < -0.3 is 4.79 Å². The first kappa shape index (κ1) is 8.90. The van der Waals surface area contributed by atoms with Gasteiger partial charge in [-0.05, 0) is 0 Å². The summed E-state index contributed by atoms with van der Waals surface area (Å²) in [6.07, 6.45) is 0.848. The first-order chi connectivity index (χ1) is 5.47. The van der Waals surface area contributed by atoms with Gasteiger partial charge in [0.05, 0.1) is 5.92 Å². The molecule has 0 aromatic carbocycles. The second-order valence-corrected chi connectivity index (χ2v) is 3.61. The zero-order valence-corrected chi connectivity index (χ0v) is 7.09. The Morgan fingerprint density at radius 1 is 1.50 bits per heavy atom. The maximum absolute atomic E-state index is 11.1. The Balaban J connectivity index is 2.83. The Morgan fingerprint density at radius 2 is 2.08 bits per heavy atom. The van der Waals surface area contributed by atoms with Crippen LogP contribution in [0.2, 0.25) is 0 Å². The summed E-state index contributed by atoms with van der Waals surface area (Å²) in [5.41, 5.74) is -0.740. The molecule has 4 heteroatoms. The van der Waals surface area contributed by atoms with Crippen molar-refractivity contribution in [2.45, 2.75) is 20.3 Å². The molecule has 0 bridgehead atoms. The van der Waals surface area contributed by atoms with Gasteiger partial charge in [-0.25, -0.2) is 0 Å². The smallest absolute Gasteiger partial charge is 0.231 e. The van der Waals surface area contributed by atoms with E-state index in [0.29, 0.717) is 0 Å². The fourth-order valence-electron chi connectivity index (χ4n) is 1.24. The van der Waals surface area contributed by atoms with Gasteiger partial charge in [-0.2, -0.15) is 0 Å². The van der Waals surface area contributed by atoms with Crippen LogP contribution in [-0.4, -0.2) is 18.1 Å². The van der Waals surface area contributed by atoms with E-state index in [1.54, 1.807) is 13.8 Å². The van der Waals surface area contributed by atoms with Gasteiger partial charge in [0.2, 0.25) is 11.8 Å². The minimum absolute atomic E-state index is 0.130. The van der Waals surface area contributed by atoms with Crippen LogP contribution >= 0.6 is 0 Å². The summed E-state index contributed by atoms with van der Waals surface area (Å²) in [6.45, 7) is 3.31. The highest BCUT2D eigenvalue weighted by molar-refractivity contribution is 6.04. The van der Waals surface area contributed by atoms with Gasteiger partial charge in [-0.15, -0.1) is 0 Å². The van der Waals surface area contributed by atoms with Crippen molar-refractivity contribution in [3.8, 4) is 0 Å². The van der Waals surface area contributed by atoms with Gasteiger partial charge in [0, 0.05) is 11.8 Å². The van der Waals surface area contributed by atoms with E-state index in [0.717, 1.165) is 6.29 Å². The Hall–Kier alpha value is -1.19. The van der Waals surface area contributed by atoms with Crippen LogP contribution in [0.25, 0.3) is 0 Å². The number of rotatable bonds is 2.